The molecule has 2 aromatic carbocycles. The molecule has 28 heavy (non-hydrogen) atoms. The number of fused-ring (bicyclic) bond motifs is 1. The van der Waals surface area contributed by atoms with Crippen molar-refractivity contribution in [3.63, 3.8) is 0 Å². The van der Waals surface area contributed by atoms with E-state index in [-0.39, 0.29) is 0 Å². The number of benzene rings is 2. The second kappa shape index (κ2) is 8.66. The number of hydrogen-bond donors (Lipinski definition) is 0. The van der Waals surface area contributed by atoms with Crippen molar-refractivity contribution in [2.24, 2.45) is 4.99 Å². The lowest BCUT2D eigenvalue weighted by Gasteiger charge is -2.04. The Morgan fingerprint density at radius 3 is 2.18 bits per heavy atom. The van der Waals surface area contributed by atoms with Crippen molar-refractivity contribution in [3.8, 4) is 0 Å². The standard InChI is InChI=1S/C25H25N3/c1-20-10-8-16-24-27-23(18-17-22-13-6-3-7-14-22)25(28(20)24)26-19-9-15-21-11-4-2-5-12-21/h2-8,10-14,16,19H,9,15,17-18H2,1H3/b26-19+. The Bertz CT molecular complexity index is 1060. The minimum Gasteiger partial charge on any atom is -0.282 e. The second-order valence-electron chi connectivity index (χ2n) is 7.06. The molecule has 3 heteroatoms. The fraction of sp³-hybridized carbons (Fsp3) is 0.200. The van der Waals surface area contributed by atoms with Crippen LogP contribution in [0.5, 0.6) is 0 Å². The highest BCUT2D eigenvalue weighted by Crippen LogP contribution is 2.24. The zero-order chi connectivity index (χ0) is 19.2. The highest BCUT2D eigenvalue weighted by molar-refractivity contribution is 5.65. The maximum absolute atomic E-state index is 4.87. The molecule has 140 valence electrons. The van der Waals surface area contributed by atoms with E-state index < -0.39 is 0 Å². The van der Waals surface area contributed by atoms with Crippen molar-refractivity contribution in [2.75, 3.05) is 0 Å². The predicted molar refractivity (Wildman–Crippen MR) is 117 cm³/mol. The monoisotopic (exact) mass is 367 g/mol. The molecule has 0 amide bonds. The van der Waals surface area contributed by atoms with Gasteiger partial charge in [-0.2, -0.15) is 0 Å². The summed E-state index contributed by atoms with van der Waals surface area (Å²) in [5.74, 6) is 0.970. The Morgan fingerprint density at radius 1 is 0.786 bits per heavy atom. The van der Waals surface area contributed by atoms with Crippen molar-refractivity contribution in [2.45, 2.75) is 32.6 Å². The molecular weight excluding hydrogens is 342 g/mol. The Morgan fingerprint density at radius 2 is 1.46 bits per heavy atom. The van der Waals surface area contributed by atoms with Crippen LogP contribution in [0.4, 0.5) is 5.82 Å². The number of hydrogen-bond acceptors (Lipinski definition) is 2. The molecule has 4 aromatic rings. The summed E-state index contributed by atoms with van der Waals surface area (Å²) in [7, 11) is 0. The van der Waals surface area contributed by atoms with Crippen LogP contribution in [-0.2, 0) is 19.3 Å². The molecule has 4 rings (SSSR count). The van der Waals surface area contributed by atoms with Crippen LogP contribution in [0, 0.1) is 6.92 Å². The average Bonchev–Trinajstić information content (AvgIpc) is 3.10. The zero-order valence-corrected chi connectivity index (χ0v) is 16.3. The van der Waals surface area contributed by atoms with Gasteiger partial charge in [-0.3, -0.25) is 4.40 Å². The van der Waals surface area contributed by atoms with E-state index in [4.69, 9.17) is 9.98 Å². The third kappa shape index (κ3) is 4.20. The van der Waals surface area contributed by atoms with Crippen LogP contribution in [-0.4, -0.2) is 15.6 Å². The minimum absolute atomic E-state index is 0.885. The third-order valence-corrected chi connectivity index (χ3v) is 5.00. The summed E-state index contributed by atoms with van der Waals surface area (Å²) in [5, 5.41) is 0. The smallest absolute Gasteiger partial charge is 0.160 e. The zero-order valence-electron chi connectivity index (χ0n) is 16.3. The van der Waals surface area contributed by atoms with Crippen LogP contribution in [0.1, 0.15) is 28.9 Å². The number of aliphatic imine (C=N–C) groups is 1. The summed E-state index contributed by atoms with van der Waals surface area (Å²) in [6, 6.07) is 27.4. The summed E-state index contributed by atoms with van der Waals surface area (Å²) in [6.45, 7) is 2.11. The number of nitrogens with zero attached hydrogens (tertiary/aromatic N) is 3. The fourth-order valence-corrected chi connectivity index (χ4v) is 3.52. The molecule has 0 unspecified atom stereocenters. The minimum atomic E-state index is 0.885. The topological polar surface area (TPSA) is 29.7 Å². The van der Waals surface area contributed by atoms with Gasteiger partial charge in [0.05, 0.1) is 5.69 Å². The van der Waals surface area contributed by atoms with E-state index in [2.05, 4.69) is 90.2 Å². The molecule has 0 radical (unpaired) electrons. The number of pyridine rings is 1. The van der Waals surface area contributed by atoms with Gasteiger partial charge in [0.1, 0.15) is 5.65 Å². The summed E-state index contributed by atoms with van der Waals surface area (Å²) >= 11 is 0. The largest absolute Gasteiger partial charge is 0.282 e. The molecule has 0 aliphatic carbocycles. The summed E-state index contributed by atoms with van der Waals surface area (Å²) < 4.78 is 2.17. The van der Waals surface area contributed by atoms with Crippen molar-refractivity contribution in [3.05, 3.63) is 101 Å². The lowest BCUT2D eigenvalue weighted by atomic mass is 10.1. The summed E-state index contributed by atoms with van der Waals surface area (Å²) in [4.78, 5) is 9.73. The lowest BCUT2D eigenvalue weighted by molar-refractivity contribution is 0.925. The van der Waals surface area contributed by atoms with Gasteiger partial charge in [-0.25, -0.2) is 9.98 Å². The van der Waals surface area contributed by atoms with Crippen LogP contribution < -0.4 is 0 Å². The van der Waals surface area contributed by atoms with Gasteiger partial charge < -0.3 is 0 Å². The molecule has 2 heterocycles. The summed E-state index contributed by atoms with van der Waals surface area (Å²) in [5.41, 5.74) is 5.86. The predicted octanol–water partition coefficient (Wildman–Crippen LogP) is 5.76. The molecule has 0 aliphatic heterocycles. The SMILES string of the molecule is Cc1cccc2nc(CCc3ccccc3)c(/N=C/CCc3ccccc3)n12. The number of rotatable bonds is 7. The first-order chi connectivity index (χ1) is 13.8. The quantitative estimate of drug-likeness (QED) is 0.382. The fourth-order valence-electron chi connectivity index (χ4n) is 3.52. The number of imidazole rings is 1. The van der Waals surface area contributed by atoms with E-state index in [1.165, 1.54) is 11.1 Å². The van der Waals surface area contributed by atoms with Crippen molar-refractivity contribution in [1.29, 1.82) is 0 Å². The highest BCUT2D eigenvalue weighted by atomic mass is 15.1. The van der Waals surface area contributed by atoms with Gasteiger partial charge in [0.2, 0.25) is 0 Å². The van der Waals surface area contributed by atoms with Gasteiger partial charge in [0.25, 0.3) is 0 Å². The molecule has 0 aliphatic rings. The van der Waals surface area contributed by atoms with Gasteiger partial charge in [0.15, 0.2) is 5.82 Å². The third-order valence-electron chi connectivity index (χ3n) is 5.00. The van der Waals surface area contributed by atoms with Crippen LogP contribution in [0.3, 0.4) is 0 Å². The van der Waals surface area contributed by atoms with Crippen LogP contribution in [0.15, 0.2) is 83.9 Å². The van der Waals surface area contributed by atoms with Crippen LogP contribution in [0.2, 0.25) is 0 Å². The maximum Gasteiger partial charge on any atom is 0.160 e. The Labute approximate surface area is 166 Å². The van der Waals surface area contributed by atoms with E-state index in [0.717, 1.165) is 48.5 Å². The molecule has 0 fully saturated rings. The number of aromatic nitrogens is 2. The molecule has 0 saturated heterocycles. The highest BCUT2D eigenvalue weighted by Gasteiger charge is 2.12. The van der Waals surface area contributed by atoms with Crippen LogP contribution in [0.25, 0.3) is 5.65 Å². The summed E-state index contributed by atoms with van der Waals surface area (Å²) in [6.07, 6.45) is 5.81. The molecule has 3 nitrogen and oxygen atoms in total. The molecular formula is C25H25N3. The lowest BCUT2D eigenvalue weighted by Crippen LogP contribution is -1.94. The average molecular weight is 367 g/mol. The van der Waals surface area contributed by atoms with Crippen LogP contribution >= 0.6 is 0 Å². The van der Waals surface area contributed by atoms with E-state index in [9.17, 15) is 0 Å². The second-order valence-corrected chi connectivity index (χ2v) is 7.06. The molecule has 0 bridgehead atoms. The van der Waals surface area contributed by atoms with Gasteiger partial charge in [-0.15, -0.1) is 0 Å². The van der Waals surface area contributed by atoms with Gasteiger partial charge in [0, 0.05) is 11.9 Å². The van der Waals surface area contributed by atoms with Gasteiger partial charge >= 0.3 is 0 Å². The maximum atomic E-state index is 4.87. The normalized spacial score (nSPS) is 11.5. The first kappa shape index (κ1) is 18.2. The molecule has 0 saturated carbocycles. The van der Waals surface area contributed by atoms with E-state index in [0.29, 0.717) is 0 Å². The first-order valence-electron chi connectivity index (χ1n) is 9.88. The van der Waals surface area contributed by atoms with E-state index >= 15 is 0 Å². The van der Waals surface area contributed by atoms with Gasteiger partial charge in [-0.1, -0.05) is 66.7 Å². The van der Waals surface area contributed by atoms with Gasteiger partial charge in [-0.05, 0) is 55.9 Å². The Balaban J connectivity index is 1.56. The van der Waals surface area contributed by atoms with Crippen molar-refractivity contribution >= 4 is 17.7 Å². The first-order valence-corrected chi connectivity index (χ1v) is 9.88. The molecule has 2 aromatic heterocycles. The van der Waals surface area contributed by atoms with E-state index in [1.807, 2.05) is 6.21 Å². The molecule has 0 spiro atoms. The Kier molecular flexibility index (Phi) is 5.62. The van der Waals surface area contributed by atoms with Crippen molar-refractivity contribution in [1.82, 2.24) is 9.38 Å². The molecule has 0 N–H and O–H groups in total. The van der Waals surface area contributed by atoms with Crippen molar-refractivity contribution < 1.29 is 0 Å². The molecule has 0 atom stereocenters. The Hall–Kier alpha value is -3.20. The number of aryl methyl sites for hydroxylation is 4. The van der Waals surface area contributed by atoms with E-state index in [1.54, 1.807) is 0 Å².